The minimum Gasteiger partial charge on any atom is -0.355 e. The van der Waals surface area contributed by atoms with Gasteiger partial charge in [-0.2, -0.15) is 0 Å². The highest BCUT2D eigenvalue weighted by molar-refractivity contribution is 5.72. The molecule has 0 aliphatic heterocycles. The topological polar surface area (TPSA) is 41.1 Å². The lowest BCUT2D eigenvalue weighted by atomic mass is 10.1. The third kappa shape index (κ3) is 4.61. The van der Waals surface area contributed by atoms with E-state index in [4.69, 9.17) is 0 Å². The van der Waals surface area contributed by atoms with Crippen LogP contribution in [0.1, 0.15) is 18.1 Å². The summed E-state index contributed by atoms with van der Waals surface area (Å²) in [6, 6.07) is 8.29. The fourth-order valence-electron chi connectivity index (χ4n) is 1.36. The van der Waals surface area contributed by atoms with E-state index < -0.39 is 0 Å². The Balaban J connectivity index is 2.21. The first-order chi connectivity index (χ1) is 7.20. The molecule has 15 heavy (non-hydrogen) atoms. The molecule has 0 aliphatic carbocycles. The number of amides is 1. The lowest BCUT2D eigenvalue weighted by molar-refractivity contribution is -0.118. The molecule has 0 fully saturated rings. The van der Waals surface area contributed by atoms with Crippen molar-refractivity contribution in [2.75, 3.05) is 13.1 Å². The molecular weight excluding hydrogens is 188 g/mol. The summed E-state index contributed by atoms with van der Waals surface area (Å²) in [7, 11) is 0. The molecule has 3 heteroatoms. The fourth-order valence-corrected chi connectivity index (χ4v) is 1.36. The molecule has 1 amide bonds. The normalized spacial score (nSPS) is 10.0. The van der Waals surface area contributed by atoms with Gasteiger partial charge in [0.05, 0.1) is 0 Å². The average molecular weight is 206 g/mol. The van der Waals surface area contributed by atoms with Gasteiger partial charge in [0.1, 0.15) is 0 Å². The molecule has 0 heterocycles. The average Bonchev–Trinajstić information content (AvgIpc) is 2.20. The fraction of sp³-hybridized carbons (Fsp3) is 0.417. The Kier molecular flexibility index (Phi) is 4.84. The maximum atomic E-state index is 10.6. The van der Waals surface area contributed by atoms with Crippen LogP contribution >= 0.6 is 0 Å². The van der Waals surface area contributed by atoms with Crippen molar-refractivity contribution in [2.45, 2.75) is 20.4 Å². The van der Waals surface area contributed by atoms with E-state index in [1.54, 1.807) is 0 Å². The Hall–Kier alpha value is -1.35. The van der Waals surface area contributed by atoms with Gasteiger partial charge in [0.15, 0.2) is 0 Å². The SMILES string of the molecule is CC(=O)NCCNCc1ccccc1C. The number of nitrogens with one attached hydrogen (secondary N) is 2. The molecule has 2 N–H and O–H groups in total. The number of hydrogen-bond donors (Lipinski definition) is 2. The van der Waals surface area contributed by atoms with Crippen LogP contribution in [0.25, 0.3) is 0 Å². The van der Waals surface area contributed by atoms with Gasteiger partial charge in [0.2, 0.25) is 5.91 Å². The molecule has 0 saturated carbocycles. The largest absolute Gasteiger partial charge is 0.355 e. The molecule has 0 atom stereocenters. The van der Waals surface area contributed by atoms with Gasteiger partial charge in [-0.15, -0.1) is 0 Å². The highest BCUT2D eigenvalue weighted by Gasteiger charge is 1.95. The summed E-state index contributed by atoms with van der Waals surface area (Å²) < 4.78 is 0. The lowest BCUT2D eigenvalue weighted by Gasteiger charge is -2.07. The van der Waals surface area contributed by atoms with E-state index in [0.29, 0.717) is 6.54 Å². The maximum absolute atomic E-state index is 10.6. The van der Waals surface area contributed by atoms with Crippen molar-refractivity contribution < 1.29 is 4.79 Å². The van der Waals surface area contributed by atoms with E-state index in [1.807, 2.05) is 12.1 Å². The number of carbonyl (C=O) groups is 1. The van der Waals surface area contributed by atoms with Crippen LogP contribution in [0.3, 0.4) is 0 Å². The molecule has 0 unspecified atom stereocenters. The molecule has 1 rings (SSSR count). The van der Waals surface area contributed by atoms with Gasteiger partial charge >= 0.3 is 0 Å². The van der Waals surface area contributed by atoms with Gasteiger partial charge < -0.3 is 10.6 Å². The summed E-state index contributed by atoms with van der Waals surface area (Å²) in [6.07, 6.45) is 0. The van der Waals surface area contributed by atoms with E-state index in [9.17, 15) is 4.79 Å². The highest BCUT2D eigenvalue weighted by atomic mass is 16.1. The van der Waals surface area contributed by atoms with E-state index in [2.05, 4.69) is 29.7 Å². The van der Waals surface area contributed by atoms with Crippen LogP contribution in [0.2, 0.25) is 0 Å². The van der Waals surface area contributed by atoms with Crippen molar-refractivity contribution in [3.8, 4) is 0 Å². The predicted octanol–water partition coefficient (Wildman–Crippen LogP) is 1.22. The molecule has 0 aromatic heterocycles. The number of benzene rings is 1. The van der Waals surface area contributed by atoms with Crippen LogP contribution in [-0.2, 0) is 11.3 Å². The molecule has 1 aromatic rings. The molecular formula is C12H18N2O. The smallest absolute Gasteiger partial charge is 0.216 e. The molecule has 0 radical (unpaired) electrons. The Morgan fingerprint density at radius 3 is 2.67 bits per heavy atom. The van der Waals surface area contributed by atoms with Gasteiger partial charge in [-0.3, -0.25) is 4.79 Å². The molecule has 0 saturated heterocycles. The van der Waals surface area contributed by atoms with Crippen molar-refractivity contribution in [2.24, 2.45) is 0 Å². The third-order valence-corrected chi connectivity index (χ3v) is 2.25. The molecule has 1 aromatic carbocycles. The Morgan fingerprint density at radius 1 is 1.27 bits per heavy atom. The molecule has 82 valence electrons. The molecule has 0 aliphatic rings. The summed E-state index contributed by atoms with van der Waals surface area (Å²) >= 11 is 0. The van der Waals surface area contributed by atoms with Crippen LogP contribution in [-0.4, -0.2) is 19.0 Å². The first kappa shape index (κ1) is 11.7. The van der Waals surface area contributed by atoms with Gasteiger partial charge in [0, 0.05) is 26.6 Å². The van der Waals surface area contributed by atoms with E-state index >= 15 is 0 Å². The Morgan fingerprint density at radius 2 is 2.00 bits per heavy atom. The first-order valence-corrected chi connectivity index (χ1v) is 5.20. The highest BCUT2D eigenvalue weighted by Crippen LogP contribution is 2.05. The van der Waals surface area contributed by atoms with Crippen molar-refractivity contribution >= 4 is 5.91 Å². The van der Waals surface area contributed by atoms with Crippen LogP contribution in [0.4, 0.5) is 0 Å². The zero-order chi connectivity index (χ0) is 11.1. The van der Waals surface area contributed by atoms with Crippen molar-refractivity contribution in [3.05, 3.63) is 35.4 Å². The van der Waals surface area contributed by atoms with E-state index in [0.717, 1.165) is 13.1 Å². The quantitative estimate of drug-likeness (QED) is 0.711. The summed E-state index contributed by atoms with van der Waals surface area (Å²) in [5.74, 6) is 0.0210. The van der Waals surface area contributed by atoms with Crippen molar-refractivity contribution in [3.63, 3.8) is 0 Å². The van der Waals surface area contributed by atoms with Crippen LogP contribution in [0, 0.1) is 6.92 Å². The van der Waals surface area contributed by atoms with Crippen molar-refractivity contribution in [1.29, 1.82) is 0 Å². The van der Waals surface area contributed by atoms with E-state index in [-0.39, 0.29) is 5.91 Å². The second kappa shape index (κ2) is 6.19. The van der Waals surface area contributed by atoms with E-state index in [1.165, 1.54) is 18.1 Å². The first-order valence-electron chi connectivity index (χ1n) is 5.20. The Labute approximate surface area is 90.9 Å². The second-order valence-corrected chi connectivity index (χ2v) is 3.59. The van der Waals surface area contributed by atoms with Gasteiger partial charge in [-0.1, -0.05) is 24.3 Å². The number of carbonyl (C=O) groups excluding carboxylic acids is 1. The molecule has 0 spiro atoms. The Bertz CT molecular complexity index is 323. The number of aryl methyl sites for hydroxylation is 1. The predicted molar refractivity (Wildman–Crippen MR) is 61.6 cm³/mol. The summed E-state index contributed by atoms with van der Waals surface area (Å²) in [4.78, 5) is 10.6. The van der Waals surface area contributed by atoms with Gasteiger partial charge in [-0.25, -0.2) is 0 Å². The third-order valence-electron chi connectivity index (χ3n) is 2.25. The number of rotatable bonds is 5. The van der Waals surface area contributed by atoms with Gasteiger partial charge in [0.25, 0.3) is 0 Å². The van der Waals surface area contributed by atoms with Crippen LogP contribution in [0.15, 0.2) is 24.3 Å². The lowest BCUT2D eigenvalue weighted by Crippen LogP contribution is -2.30. The molecule has 3 nitrogen and oxygen atoms in total. The summed E-state index contributed by atoms with van der Waals surface area (Å²) in [5, 5.41) is 6.03. The standard InChI is InChI=1S/C12H18N2O/c1-10-5-3-4-6-12(10)9-13-7-8-14-11(2)15/h3-6,13H,7-9H2,1-2H3,(H,14,15). The maximum Gasteiger partial charge on any atom is 0.216 e. The van der Waals surface area contributed by atoms with Gasteiger partial charge in [-0.05, 0) is 18.1 Å². The molecule has 0 bridgehead atoms. The van der Waals surface area contributed by atoms with Crippen molar-refractivity contribution in [1.82, 2.24) is 10.6 Å². The minimum atomic E-state index is 0.0210. The number of hydrogen-bond acceptors (Lipinski definition) is 2. The van der Waals surface area contributed by atoms with Crippen LogP contribution in [0.5, 0.6) is 0 Å². The minimum absolute atomic E-state index is 0.0210. The monoisotopic (exact) mass is 206 g/mol. The zero-order valence-electron chi connectivity index (χ0n) is 9.34. The zero-order valence-corrected chi connectivity index (χ0v) is 9.34. The van der Waals surface area contributed by atoms with Crippen LogP contribution < -0.4 is 10.6 Å². The second-order valence-electron chi connectivity index (χ2n) is 3.59. The summed E-state index contributed by atoms with van der Waals surface area (Å²) in [5.41, 5.74) is 2.60. The summed E-state index contributed by atoms with van der Waals surface area (Å²) in [6.45, 7) is 5.97.